The Morgan fingerprint density at radius 1 is 0.811 bits per heavy atom. The molecule has 0 atom stereocenters. The molecule has 4 nitrogen and oxygen atoms in total. The number of rotatable bonds is 8. The Bertz CT molecular complexity index is 976. The van der Waals surface area contributed by atoms with Gasteiger partial charge in [0.15, 0.2) is 0 Å². The van der Waals surface area contributed by atoms with Gasteiger partial charge in [0.2, 0.25) is 5.91 Å². The van der Waals surface area contributed by atoms with E-state index < -0.39 is 0 Å². The fraction of sp³-hybridized carbons (Fsp3) is 0.606. The van der Waals surface area contributed by atoms with Crippen molar-refractivity contribution in [2.75, 3.05) is 5.32 Å². The van der Waals surface area contributed by atoms with E-state index in [4.69, 9.17) is 5.73 Å². The van der Waals surface area contributed by atoms with Gasteiger partial charge in [0.1, 0.15) is 0 Å². The highest BCUT2D eigenvalue weighted by Crippen LogP contribution is 2.37. The van der Waals surface area contributed by atoms with Crippen LogP contribution in [0.5, 0.6) is 0 Å². The van der Waals surface area contributed by atoms with Crippen LogP contribution in [-0.2, 0) is 23.3 Å². The fourth-order valence-corrected chi connectivity index (χ4v) is 6.43. The summed E-state index contributed by atoms with van der Waals surface area (Å²) in [7, 11) is 0. The van der Waals surface area contributed by atoms with E-state index in [1.165, 1.54) is 74.5 Å². The molecule has 3 N–H and O–H groups in total. The molecule has 1 amide bonds. The molecule has 0 radical (unpaired) electrons. The molecule has 37 heavy (non-hydrogen) atoms. The molecule has 202 valence electrons. The van der Waals surface area contributed by atoms with E-state index >= 15 is 0 Å². The van der Waals surface area contributed by atoms with Gasteiger partial charge in [-0.1, -0.05) is 57.2 Å². The average molecular weight is 504 g/mol. The van der Waals surface area contributed by atoms with Crippen molar-refractivity contribution in [3.05, 3.63) is 65.2 Å². The third-order valence-electron chi connectivity index (χ3n) is 8.76. The Morgan fingerprint density at radius 2 is 1.30 bits per heavy atom. The highest BCUT2D eigenvalue weighted by atomic mass is 16.1. The molecule has 2 aromatic carbocycles. The SMILES string of the molecule is CC(=O)Nc1ccc(CN(Cc2ccc(C(C)(C)C)cc2)C2CCC(CC3CCC(N)CC3)CC2)cc1. The lowest BCUT2D eigenvalue weighted by Gasteiger charge is -2.38. The summed E-state index contributed by atoms with van der Waals surface area (Å²) in [5.41, 5.74) is 11.3. The molecule has 0 unspecified atom stereocenters. The zero-order valence-electron chi connectivity index (χ0n) is 23.6. The smallest absolute Gasteiger partial charge is 0.221 e. The fourth-order valence-electron chi connectivity index (χ4n) is 6.43. The van der Waals surface area contributed by atoms with Crippen LogP contribution in [0.15, 0.2) is 48.5 Å². The van der Waals surface area contributed by atoms with E-state index in [0.717, 1.165) is 30.6 Å². The summed E-state index contributed by atoms with van der Waals surface area (Å²) in [5, 5.41) is 2.89. The monoisotopic (exact) mass is 503 g/mol. The number of hydrogen-bond donors (Lipinski definition) is 2. The largest absolute Gasteiger partial charge is 0.328 e. The Balaban J connectivity index is 1.41. The summed E-state index contributed by atoms with van der Waals surface area (Å²) in [6.45, 7) is 10.3. The molecule has 4 rings (SSSR count). The number of nitrogens with one attached hydrogen (secondary N) is 1. The molecule has 0 saturated heterocycles. The molecule has 0 heterocycles. The number of benzene rings is 2. The highest BCUT2D eigenvalue weighted by Gasteiger charge is 2.29. The van der Waals surface area contributed by atoms with Gasteiger partial charge in [-0.3, -0.25) is 9.69 Å². The highest BCUT2D eigenvalue weighted by molar-refractivity contribution is 5.88. The zero-order valence-corrected chi connectivity index (χ0v) is 23.6. The van der Waals surface area contributed by atoms with Crippen molar-refractivity contribution in [2.24, 2.45) is 17.6 Å². The van der Waals surface area contributed by atoms with Crippen LogP contribution in [0, 0.1) is 11.8 Å². The third kappa shape index (κ3) is 8.41. The van der Waals surface area contributed by atoms with Crippen molar-refractivity contribution in [1.82, 2.24) is 4.90 Å². The van der Waals surface area contributed by atoms with Crippen molar-refractivity contribution in [1.29, 1.82) is 0 Å². The first-order valence-electron chi connectivity index (χ1n) is 14.6. The minimum atomic E-state index is -0.0269. The molecule has 4 heteroatoms. The van der Waals surface area contributed by atoms with E-state index in [1.807, 2.05) is 12.1 Å². The van der Waals surface area contributed by atoms with Gasteiger partial charge in [-0.05, 0) is 104 Å². The van der Waals surface area contributed by atoms with Gasteiger partial charge >= 0.3 is 0 Å². The molecule has 2 aromatic rings. The number of hydrogen-bond acceptors (Lipinski definition) is 3. The van der Waals surface area contributed by atoms with Crippen LogP contribution < -0.4 is 11.1 Å². The Morgan fingerprint density at radius 3 is 1.78 bits per heavy atom. The molecule has 2 fully saturated rings. The molecular formula is C33H49N3O. The maximum Gasteiger partial charge on any atom is 0.221 e. The first-order chi connectivity index (χ1) is 17.7. The van der Waals surface area contributed by atoms with Crippen LogP contribution in [0.2, 0.25) is 0 Å². The van der Waals surface area contributed by atoms with Crippen molar-refractivity contribution in [3.8, 4) is 0 Å². The van der Waals surface area contributed by atoms with Crippen molar-refractivity contribution in [3.63, 3.8) is 0 Å². The molecule has 2 aliphatic rings. The lowest BCUT2D eigenvalue weighted by Crippen LogP contribution is -2.37. The second-order valence-corrected chi connectivity index (χ2v) is 12.9. The van der Waals surface area contributed by atoms with Crippen LogP contribution in [-0.4, -0.2) is 22.9 Å². The second kappa shape index (κ2) is 12.6. The van der Waals surface area contributed by atoms with Crippen LogP contribution in [0.4, 0.5) is 5.69 Å². The van der Waals surface area contributed by atoms with E-state index in [0.29, 0.717) is 12.1 Å². The summed E-state index contributed by atoms with van der Waals surface area (Å²) in [6.07, 6.45) is 11.8. The molecule has 0 aromatic heterocycles. The predicted molar refractivity (Wildman–Crippen MR) is 155 cm³/mol. The van der Waals surface area contributed by atoms with Gasteiger partial charge in [0.25, 0.3) is 0 Å². The Kier molecular flexibility index (Phi) is 9.47. The van der Waals surface area contributed by atoms with E-state index in [2.05, 4.69) is 67.4 Å². The predicted octanol–water partition coefficient (Wildman–Crippen LogP) is 7.41. The summed E-state index contributed by atoms with van der Waals surface area (Å²) in [6, 6.07) is 18.7. The zero-order chi connectivity index (χ0) is 26.4. The van der Waals surface area contributed by atoms with Gasteiger partial charge in [-0.25, -0.2) is 0 Å². The molecule has 0 spiro atoms. The number of nitrogens with zero attached hydrogens (tertiary/aromatic N) is 1. The van der Waals surface area contributed by atoms with Crippen molar-refractivity contribution < 1.29 is 4.79 Å². The van der Waals surface area contributed by atoms with Gasteiger partial charge in [-0.2, -0.15) is 0 Å². The summed E-state index contributed by atoms with van der Waals surface area (Å²) >= 11 is 0. The maximum atomic E-state index is 11.4. The van der Waals surface area contributed by atoms with E-state index in [-0.39, 0.29) is 11.3 Å². The average Bonchev–Trinajstić information content (AvgIpc) is 2.86. The van der Waals surface area contributed by atoms with Gasteiger partial charge in [-0.15, -0.1) is 0 Å². The summed E-state index contributed by atoms with van der Waals surface area (Å²) in [4.78, 5) is 14.1. The van der Waals surface area contributed by atoms with Crippen LogP contribution in [0.3, 0.4) is 0 Å². The normalized spacial score (nSPS) is 24.7. The van der Waals surface area contributed by atoms with Crippen LogP contribution >= 0.6 is 0 Å². The lowest BCUT2D eigenvalue weighted by atomic mass is 9.75. The van der Waals surface area contributed by atoms with E-state index in [9.17, 15) is 4.79 Å². The van der Waals surface area contributed by atoms with Crippen LogP contribution in [0.25, 0.3) is 0 Å². The first kappa shape index (κ1) is 27.9. The third-order valence-corrected chi connectivity index (χ3v) is 8.76. The number of nitrogens with two attached hydrogens (primary N) is 1. The molecular weight excluding hydrogens is 454 g/mol. The van der Waals surface area contributed by atoms with Gasteiger partial charge in [0, 0.05) is 37.8 Å². The van der Waals surface area contributed by atoms with Gasteiger partial charge < -0.3 is 11.1 Å². The quantitative estimate of drug-likeness (QED) is 0.394. The van der Waals surface area contributed by atoms with Gasteiger partial charge in [0.05, 0.1) is 0 Å². The lowest BCUT2D eigenvalue weighted by molar-refractivity contribution is -0.114. The number of amides is 1. The molecule has 2 aliphatic carbocycles. The standard InChI is InChI=1S/C33H49N3O/c1-24(37)35-31-17-9-28(10-18-31)23-36(22-27-5-13-29(14-6-27)33(2,3)4)32-19-11-26(12-20-32)21-25-7-15-30(34)16-8-25/h5-6,9-10,13-14,17-18,25-26,30,32H,7-8,11-12,15-16,19-23,34H2,1-4H3,(H,35,37). The molecule has 0 aliphatic heterocycles. The van der Waals surface area contributed by atoms with Crippen molar-refractivity contribution in [2.45, 2.75) is 116 Å². The maximum absolute atomic E-state index is 11.4. The van der Waals surface area contributed by atoms with Crippen molar-refractivity contribution >= 4 is 11.6 Å². The Labute approximate surface area is 225 Å². The summed E-state index contributed by atoms with van der Waals surface area (Å²) < 4.78 is 0. The Hall–Kier alpha value is -2.17. The number of carbonyl (C=O) groups excluding carboxylic acids is 1. The minimum absolute atomic E-state index is 0.0269. The first-order valence-corrected chi connectivity index (χ1v) is 14.6. The summed E-state index contributed by atoms with van der Waals surface area (Å²) in [5.74, 6) is 1.77. The topological polar surface area (TPSA) is 58.4 Å². The van der Waals surface area contributed by atoms with E-state index in [1.54, 1.807) is 6.92 Å². The number of carbonyl (C=O) groups is 1. The second-order valence-electron chi connectivity index (χ2n) is 12.9. The molecule has 0 bridgehead atoms. The molecule has 2 saturated carbocycles. The minimum Gasteiger partial charge on any atom is -0.328 e. The van der Waals surface area contributed by atoms with Crippen LogP contribution in [0.1, 0.15) is 102 Å². The number of anilines is 1.